The minimum atomic E-state index is 0.435. The number of fused-ring (bicyclic) bond motifs is 1. The van der Waals surface area contributed by atoms with Gasteiger partial charge in [-0.1, -0.05) is 24.3 Å². The van der Waals surface area contributed by atoms with Gasteiger partial charge >= 0.3 is 0 Å². The Labute approximate surface area is 117 Å². The summed E-state index contributed by atoms with van der Waals surface area (Å²) in [4.78, 5) is 7.80. The van der Waals surface area contributed by atoms with Gasteiger partial charge in [-0.05, 0) is 42.8 Å². The summed E-state index contributed by atoms with van der Waals surface area (Å²) in [6, 6.07) is 15.9. The fourth-order valence-electron chi connectivity index (χ4n) is 2.17. The van der Waals surface area contributed by atoms with Gasteiger partial charge < -0.3 is 15.5 Å². The zero-order valence-electron chi connectivity index (χ0n) is 11.2. The molecule has 0 saturated carbocycles. The molecule has 0 bridgehead atoms. The van der Waals surface area contributed by atoms with Gasteiger partial charge in [0.05, 0.1) is 11.0 Å². The van der Waals surface area contributed by atoms with E-state index >= 15 is 0 Å². The summed E-state index contributed by atoms with van der Waals surface area (Å²) >= 11 is 0. The molecule has 4 nitrogen and oxygen atoms in total. The lowest BCUT2D eigenvalue weighted by molar-refractivity contribution is 0.297. The maximum absolute atomic E-state index is 5.69. The summed E-state index contributed by atoms with van der Waals surface area (Å²) in [5, 5.41) is 0. The minimum Gasteiger partial charge on any atom is -0.486 e. The third kappa shape index (κ3) is 2.81. The first-order chi connectivity index (χ1) is 9.85. The van der Waals surface area contributed by atoms with Crippen LogP contribution in [-0.2, 0) is 13.0 Å². The highest BCUT2D eigenvalue weighted by molar-refractivity contribution is 5.75. The molecule has 20 heavy (non-hydrogen) atoms. The molecule has 0 radical (unpaired) electrons. The molecule has 4 heteroatoms. The van der Waals surface area contributed by atoms with Crippen LogP contribution in [0, 0.1) is 0 Å². The largest absolute Gasteiger partial charge is 0.486 e. The van der Waals surface area contributed by atoms with Crippen molar-refractivity contribution in [3.05, 3.63) is 59.9 Å². The van der Waals surface area contributed by atoms with Crippen molar-refractivity contribution in [2.75, 3.05) is 6.54 Å². The van der Waals surface area contributed by atoms with Gasteiger partial charge in [-0.3, -0.25) is 0 Å². The molecular weight excluding hydrogens is 250 g/mol. The van der Waals surface area contributed by atoms with E-state index in [1.807, 2.05) is 36.4 Å². The van der Waals surface area contributed by atoms with Crippen molar-refractivity contribution in [2.24, 2.45) is 5.73 Å². The number of rotatable bonds is 5. The Bertz CT molecular complexity index is 691. The van der Waals surface area contributed by atoms with Crippen molar-refractivity contribution in [3.63, 3.8) is 0 Å². The number of aromatic amines is 1. The van der Waals surface area contributed by atoms with Crippen LogP contribution in [0.5, 0.6) is 5.75 Å². The number of aromatic nitrogens is 2. The third-order valence-corrected chi connectivity index (χ3v) is 3.15. The fraction of sp³-hybridized carbons (Fsp3) is 0.188. The highest BCUT2D eigenvalue weighted by Gasteiger charge is 2.04. The molecule has 0 saturated heterocycles. The number of hydrogen-bond acceptors (Lipinski definition) is 3. The monoisotopic (exact) mass is 267 g/mol. The van der Waals surface area contributed by atoms with Gasteiger partial charge in [-0.25, -0.2) is 4.98 Å². The normalized spacial score (nSPS) is 10.8. The van der Waals surface area contributed by atoms with Crippen molar-refractivity contribution < 1.29 is 4.74 Å². The number of nitrogens with one attached hydrogen (secondary N) is 1. The molecule has 1 heterocycles. The van der Waals surface area contributed by atoms with Crippen LogP contribution >= 0.6 is 0 Å². The van der Waals surface area contributed by atoms with E-state index in [0.29, 0.717) is 13.2 Å². The molecule has 0 aliphatic rings. The van der Waals surface area contributed by atoms with Gasteiger partial charge in [0.25, 0.3) is 0 Å². The van der Waals surface area contributed by atoms with E-state index < -0.39 is 0 Å². The van der Waals surface area contributed by atoms with Crippen LogP contribution in [-0.4, -0.2) is 16.5 Å². The second-order valence-corrected chi connectivity index (χ2v) is 4.68. The Balaban J connectivity index is 1.75. The van der Waals surface area contributed by atoms with Gasteiger partial charge in [0.1, 0.15) is 18.2 Å². The van der Waals surface area contributed by atoms with E-state index in [9.17, 15) is 0 Å². The highest BCUT2D eigenvalue weighted by Crippen LogP contribution is 2.16. The smallest absolute Gasteiger partial charge is 0.146 e. The van der Waals surface area contributed by atoms with Crippen molar-refractivity contribution in [1.82, 2.24) is 9.97 Å². The molecule has 0 amide bonds. The van der Waals surface area contributed by atoms with Gasteiger partial charge in [0, 0.05) is 0 Å². The summed E-state index contributed by atoms with van der Waals surface area (Å²) in [5.41, 5.74) is 8.78. The van der Waals surface area contributed by atoms with Gasteiger partial charge in [0.15, 0.2) is 0 Å². The molecule has 0 fully saturated rings. The standard InChI is InChI=1S/C16H17N3O/c17-9-8-12-6-7-14-15(10-12)19-16(18-14)11-20-13-4-2-1-3-5-13/h1-7,10H,8-9,11,17H2,(H,18,19). The van der Waals surface area contributed by atoms with Crippen LogP contribution in [0.4, 0.5) is 0 Å². The lowest BCUT2D eigenvalue weighted by Gasteiger charge is -2.02. The average molecular weight is 267 g/mol. The number of nitrogens with zero attached hydrogens (tertiary/aromatic N) is 1. The van der Waals surface area contributed by atoms with Crippen LogP contribution in [0.15, 0.2) is 48.5 Å². The first-order valence-electron chi connectivity index (χ1n) is 6.70. The number of nitrogens with two attached hydrogens (primary N) is 1. The summed E-state index contributed by atoms with van der Waals surface area (Å²) in [5.74, 6) is 1.67. The molecule has 3 aromatic rings. The predicted molar refractivity (Wildman–Crippen MR) is 79.6 cm³/mol. The first-order valence-corrected chi connectivity index (χ1v) is 6.70. The quantitative estimate of drug-likeness (QED) is 0.747. The number of H-pyrrole nitrogens is 1. The molecule has 3 rings (SSSR count). The molecule has 0 unspecified atom stereocenters. The van der Waals surface area contributed by atoms with Gasteiger partial charge in [0.2, 0.25) is 0 Å². The van der Waals surface area contributed by atoms with Crippen molar-refractivity contribution in [1.29, 1.82) is 0 Å². The third-order valence-electron chi connectivity index (χ3n) is 3.15. The molecule has 2 aromatic carbocycles. The second-order valence-electron chi connectivity index (χ2n) is 4.68. The minimum absolute atomic E-state index is 0.435. The van der Waals surface area contributed by atoms with Crippen LogP contribution in [0.1, 0.15) is 11.4 Å². The van der Waals surface area contributed by atoms with E-state index in [1.54, 1.807) is 0 Å². The van der Waals surface area contributed by atoms with Crippen LogP contribution in [0.2, 0.25) is 0 Å². The molecule has 0 spiro atoms. The number of imidazole rings is 1. The maximum Gasteiger partial charge on any atom is 0.146 e. The lowest BCUT2D eigenvalue weighted by atomic mass is 10.1. The van der Waals surface area contributed by atoms with Crippen LogP contribution in [0.3, 0.4) is 0 Å². The van der Waals surface area contributed by atoms with Crippen LogP contribution in [0.25, 0.3) is 11.0 Å². The highest BCUT2D eigenvalue weighted by atomic mass is 16.5. The molecular formula is C16H17N3O. The van der Waals surface area contributed by atoms with Crippen LogP contribution < -0.4 is 10.5 Å². The van der Waals surface area contributed by atoms with E-state index in [4.69, 9.17) is 10.5 Å². The summed E-state index contributed by atoms with van der Waals surface area (Å²) in [6.07, 6.45) is 0.880. The molecule has 0 atom stereocenters. The summed E-state index contributed by atoms with van der Waals surface area (Å²) in [7, 11) is 0. The lowest BCUT2D eigenvalue weighted by Crippen LogP contribution is -2.02. The second kappa shape index (κ2) is 5.75. The maximum atomic E-state index is 5.69. The van der Waals surface area contributed by atoms with E-state index in [-0.39, 0.29) is 0 Å². The number of ether oxygens (including phenoxy) is 1. The molecule has 0 aliphatic carbocycles. The molecule has 0 aliphatic heterocycles. The number of hydrogen-bond donors (Lipinski definition) is 2. The number of benzene rings is 2. The fourth-order valence-corrected chi connectivity index (χ4v) is 2.17. The van der Waals surface area contributed by atoms with E-state index in [1.165, 1.54) is 5.56 Å². The van der Waals surface area contributed by atoms with Gasteiger partial charge in [-0.2, -0.15) is 0 Å². The molecule has 102 valence electrons. The van der Waals surface area contributed by atoms with E-state index in [0.717, 1.165) is 29.0 Å². The Morgan fingerprint density at radius 2 is 1.95 bits per heavy atom. The van der Waals surface area contributed by atoms with Crippen molar-refractivity contribution in [3.8, 4) is 5.75 Å². The Hall–Kier alpha value is -2.33. The summed E-state index contributed by atoms with van der Waals surface area (Å²) in [6.45, 7) is 1.09. The predicted octanol–water partition coefficient (Wildman–Crippen LogP) is 2.64. The van der Waals surface area contributed by atoms with Crippen molar-refractivity contribution in [2.45, 2.75) is 13.0 Å². The average Bonchev–Trinajstić information content (AvgIpc) is 2.89. The van der Waals surface area contributed by atoms with Gasteiger partial charge in [-0.15, -0.1) is 0 Å². The zero-order valence-corrected chi connectivity index (χ0v) is 11.2. The first kappa shape index (κ1) is 12.7. The zero-order chi connectivity index (χ0) is 13.8. The Kier molecular flexibility index (Phi) is 3.65. The van der Waals surface area contributed by atoms with E-state index in [2.05, 4.69) is 22.1 Å². The molecule has 3 N–H and O–H groups in total. The van der Waals surface area contributed by atoms with Crippen molar-refractivity contribution >= 4 is 11.0 Å². The number of para-hydroxylation sites is 1. The molecule has 1 aromatic heterocycles. The topological polar surface area (TPSA) is 63.9 Å². The summed E-state index contributed by atoms with van der Waals surface area (Å²) < 4.78 is 5.69. The Morgan fingerprint density at radius 3 is 2.75 bits per heavy atom. The SMILES string of the molecule is NCCc1ccc2nc(COc3ccccc3)[nH]c2c1. The Morgan fingerprint density at radius 1 is 1.10 bits per heavy atom.